The molecule has 3 rings (SSSR count). The summed E-state index contributed by atoms with van der Waals surface area (Å²) in [6.07, 6.45) is 0.436. The van der Waals surface area contributed by atoms with Gasteiger partial charge in [-0.1, -0.05) is 35.9 Å². The fourth-order valence-electron chi connectivity index (χ4n) is 3.36. The number of halogens is 1. The fraction of sp³-hybridized carbons (Fsp3) is 0.318. The molecule has 1 aliphatic rings. The molecule has 1 amide bonds. The molecule has 0 aromatic heterocycles. The summed E-state index contributed by atoms with van der Waals surface area (Å²) < 4.78 is 27.5. The SMILES string of the molecule is O=C(O)C(CCCNC(=O)C1CC1C(=O)O)NS(=O)(=O)c1ccc(-c2ccc(Cl)cc2)cc1. The number of sulfonamides is 1. The van der Waals surface area contributed by atoms with Crippen molar-refractivity contribution in [2.75, 3.05) is 6.54 Å². The van der Waals surface area contributed by atoms with E-state index >= 15 is 0 Å². The van der Waals surface area contributed by atoms with Crippen molar-refractivity contribution in [1.29, 1.82) is 0 Å². The third kappa shape index (κ3) is 6.53. The summed E-state index contributed by atoms with van der Waals surface area (Å²) in [6.45, 7) is 0.114. The van der Waals surface area contributed by atoms with Gasteiger partial charge in [-0.05, 0) is 54.7 Å². The highest BCUT2D eigenvalue weighted by Crippen LogP contribution is 2.38. The van der Waals surface area contributed by atoms with Gasteiger partial charge in [0.25, 0.3) is 0 Å². The van der Waals surface area contributed by atoms with Gasteiger partial charge in [-0.15, -0.1) is 0 Å². The number of aliphatic carboxylic acids is 2. The van der Waals surface area contributed by atoms with E-state index in [0.717, 1.165) is 11.1 Å². The predicted octanol–water partition coefficient (Wildman–Crippen LogP) is 2.36. The second-order valence-corrected chi connectivity index (χ2v) is 9.91. The van der Waals surface area contributed by atoms with E-state index in [1.165, 1.54) is 12.1 Å². The van der Waals surface area contributed by atoms with Gasteiger partial charge in [-0.25, -0.2) is 8.42 Å². The van der Waals surface area contributed by atoms with Crippen molar-refractivity contribution in [3.05, 3.63) is 53.6 Å². The van der Waals surface area contributed by atoms with Crippen LogP contribution in [0.4, 0.5) is 0 Å². The molecule has 1 fully saturated rings. The van der Waals surface area contributed by atoms with Gasteiger partial charge in [0.2, 0.25) is 15.9 Å². The Bertz CT molecular complexity index is 1130. The Balaban J connectivity index is 1.54. The van der Waals surface area contributed by atoms with Crippen molar-refractivity contribution in [2.24, 2.45) is 11.8 Å². The van der Waals surface area contributed by atoms with E-state index in [1.807, 2.05) is 0 Å². The van der Waals surface area contributed by atoms with E-state index in [2.05, 4.69) is 10.0 Å². The minimum absolute atomic E-state index is 0.0509. The lowest BCUT2D eigenvalue weighted by molar-refractivity contribution is -0.140. The number of benzene rings is 2. The highest BCUT2D eigenvalue weighted by atomic mass is 35.5. The minimum atomic E-state index is -4.09. The lowest BCUT2D eigenvalue weighted by Gasteiger charge is -2.15. The number of carboxylic acid groups (broad SMARTS) is 2. The molecule has 2 aromatic rings. The van der Waals surface area contributed by atoms with Crippen molar-refractivity contribution in [1.82, 2.24) is 10.0 Å². The molecule has 11 heteroatoms. The van der Waals surface area contributed by atoms with Crippen molar-refractivity contribution >= 4 is 39.5 Å². The first-order chi connectivity index (χ1) is 15.6. The second-order valence-electron chi connectivity index (χ2n) is 7.76. The first kappa shape index (κ1) is 24.7. The molecule has 0 heterocycles. The monoisotopic (exact) mass is 494 g/mol. The number of carbonyl (C=O) groups excluding carboxylic acids is 1. The molecule has 9 nitrogen and oxygen atoms in total. The second kappa shape index (κ2) is 10.3. The molecule has 3 unspecified atom stereocenters. The molecule has 0 radical (unpaired) electrons. The van der Waals surface area contributed by atoms with Crippen molar-refractivity contribution in [2.45, 2.75) is 30.2 Å². The van der Waals surface area contributed by atoms with Crippen LogP contribution in [0.3, 0.4) is 0 Å². The van der Waals surface area contributed by atoms with Crippen molar-refractivity contribution in [3.8, 4) is 11.1 Å². The zero-order chi connectivity index (χ0) is 24.2. The summed E-state index contributed by atoms with van der Waals surface area (Å²) in [6, 6.07) is 11.7. The highest BCUT2D eigenvalue weighted by molar-refractivity contribution is 7.89. The van der Waals surface area contributed by atoms with Crippen LogP contribution < -0.4 is 10.0 Å². The van der Waals surface area contributed by atoms with Crippen LogP contribution in [-0.2, 0) is 24.4 Å². The van der Waals surface area contributed by atoms with Gasteiger partial charge < -0.3 is 15.5 Å². The van der Waals surface area contributed by atoms with E-state index < -0.39 is 45.7 Å². The molecule has 0 bridgehead atoms. The standard InChI is InChI=1S/C22H23ClN2O7S/c23-15-7-3-13(4-8-15)14-5-9-16(10-6-14)33(31,32)25-19(22(29)30)2-1-11-24-20(26)17-12-18(17)21(27)28/h3-10,17-19,25H,1-2,11-12H2,(H,24,26)(H,27,28)(H,29,30). The Morgan fingerprint density at radius 2 is 1.55 bits per heavy atom. The van der Waals surface area contributed by atoms with E-state index in [1.54, 1.807) is 36.4 Å². The first-order valence-electron chi connectivity index (χ1n) is 10.2. The molecule has 0 aliphatic heterocycles. The van der Waals surface area contributed by atoms with Crippen LogP contribution in [0.1, 0.15) is 19.3 Å². The molecule has 1 saturated carbocycles. The predicted molar refractivity (Wildman–Crippen MR) is 120 cm³/mol. The number of carboxylic acids is 2. The Morgan fingerprint density at radius 1 is 0.970 bits per heavy atom. The van der Waals surface area contributed by atoms with Crippen molar-refractivity contribution < 1.29 is 33.0 Å². The number of hydrogen-bond acceptors (Lipinski definition) is 5. The molecular weight excluding hydrogens is 472 g/mol. The van der Waals surface area contributed by atoms with Gasteiger partial charge in [0.1, 0.15) is 6.04 Å². The topological polar surface area (TPSA) is 150 Å². The lowest BCUT2D eigenvalue weighted by Crippen LogP contribution is -2.41. The van der Waals surface area contributed by atoms with E-state index in [-0.39, 0.29) is 30.7 Å². The Hall–Kier alpha value is -2.95. The van der Waals surface area contributed by atoms with Crippen LogP contribution in [0.15, 0.2) is 53.4 Å². The molecule has 176 valence electrons. The summed E-state index contributed by atoms with van der Waals surface area (Å²) >= 11 is 5.88. The Kier molecular flexibility index (Phi) is 7.72. The number of nitrogens with one attached hydrogen (secondary N) is 2. The number of carbonyl (C=O) groups is 3. The summed E-state index contributed by atoms with van der Waals surface area (Å²) in [7, 11) is -4.09. The normalized spacial score (nSPS) is 18.3. The van der Waals surface area contributed by atoms with Crippen LogP contribution in [0, 0.1) is 11.8 Å². The molecular formula is C22H23ClN2O7S. The van der Waals surface area contributed by atoms with Gasteiger partial charge in [-0.2, -0.15) is 4.72 Å². The fourth-order valence-corrected chi connectivity index (χ4v) is 4.71. The zero-order valence-electron chi connectivity index (χ0n) is 17.4. The van der Waals surface area contributed by atoms with Gasteiger partial charge in [-0.3, -0.25) is 14.4 Å². The Morgan fingerprint density at radius 3 is 2.06 bits per heavy atom. The van der Waals surface area contributed by atoms with Crippen LogP contribution in [-0.4, -0.2) is 49.1 Å². The van der Waals surface area contributed by atoms with E-state index in [9.17, 15) is 27.9 Å². The van der Waals surface area contributed by atoms with Gasteiger partial charge in [0.15, 0.2) is 0 Å². The lowest BCUT2D eigenvalue weighted by atomic mass is 10.1. The molecule has 1 aliphatic carbocycles. The van der Waals surface area contributed by atoms with Crippen LogP contribution in [0.5, 0.6) is 0 Å². The van der Waals surface area contributed by atoms with Crippen molar-refractivity contribution in [3.63, 3.8) is 0 Å². The summed E-state index contributed by atoms with van der Waals surface area (Å²) in [5.41, 5.74) is 1.62. The minimum Gasteiger partial charge on any atom is -0.481 e. The molecule has 0 spiro atoms. The third-order valence-electron chi connectivity index (χ3n) is 5.35. The average molecular weight is 495 g/mol. The van der Waals surface area contributed by atoms with Crippen LogP contribution in [0.25, 0.3) is 11.1 Å². The molecule has 0 saturated heterocycles. The van der Waals surface area contributed by atoms with Gasteiger partial charge in [0, 0.05) is 11.6 Å². The van der Waals surface area contributed by atoms with Gasteiger partial charge in [0.05, 0.1) is 16.7 Å². The summed E-state index contributed by atoms with van der Waals surface area (Å²) in [4.78, 5) is 34.1. The van der Waals surface area contributed by atoms with E-state index in [4.69, 9.17) is 16.7 Å². The van der Waals surface area contributed by atoms with Crippen LogP contribution >= 0.6 is 11.6 Å². The number of amides is 1. The molecule has 3 atom stereocenters. The maximum Gasteiger partial charge on any atom is 0.321 e. The molecule has 33 heavy (non-hydrogen) atoms. The quantitative estimate of drug-likeness (QED) is 0.350. The van der Waals surface area contributed by atoms with E-state index in [0.29, 0.717) is 5.02 Å². The summed E-state index contributed by atoms with van der Waals surface area (Å²) in [5, 5.41) is 21.4. The van der Waals surface area contributed by atoms with Gasteiger partial charge >= 0.3 is 11.9 Å². The maximum absolute atomic E-state index is 12.7. The average Bonchev–Trinajstić information content (AvgIpc) is 3.58. The molecule has 2 aromatic carbocycles. The summed E-state index contributed by atoms with van der Waals surface area (Å²) in [5.74, 6) is -3.98. The largest absolute Gasteiger partial charge is 0.481 e. The third-order valence-corrected chi connectivity index (χ3v) is 7.09. The smallest absolute Gasteiger partial charge is 0.321 e. The number of rotatable bonds is 11. The number of hydrogen-bond donors (Lipinski definition) is 4. The first-order valence-corrected chi connectivity index (χ1v) is 12.1. The van der Waals surface area contributed by atoms with Crippen LogP contribution in [0.2, 0.25) is 5.02 Å². The molecule has 4 N–H and O–H groups in total. The highest BCUT2D eigenvalue weighted by Gasteiger charge is 2.48. The maximum atomic E-state index is 12.7. The zero-order valence-corrected chi connectivity index (χ0v) is 19.0. The Labute approximate surface area is 195 Å².